The van der Waals surface area contributed by atoms with Crippen LogP contribution in [-0.4, -0.2) is 24.9 Å². The normalized spacial score (nSPS) is 15.1. The first-order valence-electron chi connectivity index (χ1n) is 7.10. The van der Waals surface area contributed by atoms with Gasteiger partial charge in [0.2, 0.25) is 0 Å². The number of ether oxygens (including phenoxy) is 2. The average Bonchev–Trinajstić information content (AvgIpc) is 2.38. The lowest BCUT2D eigenvalue weighted by molar-refractivity contribution is -0.0570. The molecule has 3 nitrogen and oxygen atoms in total. The molecule has 1 rings (SSSR count). The zero-order valence-corrected chi connectivity index (χ0v) is 12.9. The third-order valence-electron chi connectivity index (χ3n) is 2.97. The van der Waals surface area contributed by atoms with Crippen molar-refractivity contribution in [3.05, 3.63) is 35.6 Å². The van der Waals surface area contributed by atoms with E-state index in [4.69, 9.17) is 15.2 Å². The van der Waals surface area contributed by atoms with E-state index in [1.54, 1.807) is 12.1 Å². The molecule has 0 heterocycles. The van der Waals surface area contributed by atoms with Crippen LogP contribution in [0.15, 0.2) is 24.3 Å². The number of hydrogen-bond donors (Lipinski definition) is 1. The molecule has 0 aliphatic heterocycles. The Bertz CT molecular complexity index is 386. The van der Waals surface area contributed by atoms with E-state index < -0.39 is 0 Å². The van der Waals surface area contributed by atoms with Gasteiger partial charge in [0.25, 0.3) is 0 Å². The number of halogens is 1. The maximum Gasteiger partial charge on any atom is 0.123 e. The van der Waals surface area contributed by atoms with Gasteiger partial charge < -0.3 is 15.2 Å². The number of benzene rings is 1. The van der Waals surface area contributed by atoms with Gasteiger partial charge in [0.15, 0.2) is 0 Å². The van der Waals surface area contributed by atoms with Gasteiger partial charge in [0.05, 0.1) is 24.9 Å². The molecule has 20 heavy (non-hydrogen) atoms. The fourth-order valence-electron chi connectivity index (χ4n) is 1.86. The Morgan fingerprint density at radius 1 is 1.15 bits per heavy atom. The van der Waals surface area contributed by atoms with Gasteiger partial charge in [-0.05, 0) is 44.9 Å². The van der Waals surface area contributed by atoms with Crippen LogP contribution >= 0.6 is 0 Å². The molecule has 0 aromatic heterocycles. The van der Waals surface area contributed by atoms with E-state index in [9.17, 15) is 4.39 Å². The van der Waals surface area contributed by atoms with Crippen molar-refractivity contribution in [3.8, 4) is 0 Å². The minimum absolute atomic E-state index is 0.116. The summed E-state index contributed by atoms with van der Waals surface area (Å²) in [6.07, 6.45) is 0.562. The molecule has 0 bridgehead atoms. The van der Waals surface area contributed by atoms with Gasteiger partial charge in [-0.15, -0.1) is 0 Å². The molecule has 2 N–H and O–H groups in total. The second-order valence-corrected chi connectivity index (χ2v) is 5.88. The third kappa shape index (κ3) is 5.99. The summed E-state index contributed by atoms with van der Waals surface area (Å²) in [6, 6.07) is 6.19. The highest BCUT2D eigenvalue weighted by Crippen LogP contribution is 2.22. The van der Waals surface area contributed by atoms with Crippen molar-refractivity contribution < 1.29 is 13.9 Å². The van der Waals surface area contributed by atoms with Gasteiger partial charge in [0.1, 0.15) is 5.82 Å². The first-order valence-corrected chi connectivity index (χ1v) is 7.10. The third-order valence-corrected chi connectivity index (χ3v) is 2.97. The van der Waals surface area contributed by atoms with E-state index in [1.165, 1.54) is 12.1 Å². The zero-order chi connectivity index (χ0) is 15.2. The van der Waals surface area contributed by atoms with E-state index in [0.717, 1.165) is 12.0 Å². The van der Waals surface area contributed by atoms with Gasteiger partial charge in [-0.3, -0.25) is 0 Å². The number of nitrogens with two attached hydrogens (primary N) is 1. The lowest BCUT2D eigenvalue weighted by Gasteiger charge is -2.25. The van der Waals surface area contributed by atoms with Crippen LogP contribution in [0, 0.1) is 5.82 Å². The van der Waals surface area contributed by atoms with Gasteiger partial charge in [-0.1, -0.05) is 19.1 Å². The van der Waals surface area contributed by atoms with Crippen LogP contribution in [0.2, 0.25) is 0 Å². The van der Waals surface area contributed by atoms with E-state index >= 15 is 0 Å². The van der Waals surface area contributed by atoms with E-state index in [0.29, 0.717) is 13.2 Å². The molecular formula is C16H26FNO2. The Morgan fingerprint density at radius 2 is 1.75 bits per heavy atom. The highest BCUT2D eigenvalue weighted by molar-refractivity contribution is 5.20. The Kier molecular flexibility index (Phi) is 6.59. The topological polar surface area (TPSA) is 44.5 Å². The molecule has 114 valence electrons. The first kappa shape index (κ1) is 17.1. The van der Waals surface area contributed by atoms with Crippen molar-refractivity contribution in [2.24, 2.45) is 5.73 Å². The minimum atomic E-state index is -0.256. The second-order valence-electron chi connectivity index (χ2n) is 5.88. The predicted octanol–water partition coefficient (Wildman–Crippen LogP) is 3.44. The quantitative estimate of drug-likeness (QED) is 0.780. The molecule has 4 heteroatoms. The summed E-state index contributed by atoms with van der Waals surface area (Å²) < 4.78 is 24.4. The second kappa shape index (κ2) is 7.72. The zero-order valence-electron chi connectivity index (χ0n) is 12.9. The highest BCUT2D eigenvalue weighted by Gasteiger charge is 2.19. The summed E-state index contributed by atoms with van der Waals surface area (Å²) in [4.78, 5) is 0. The molecule has 0 radical (unpaired) electrons. The summed E-state index contributed by atoms with van der Waals surface area (Å²) in [5.74, 6) is -0.256. The SMILES string of the molecule is CCC(N)C(OCCOC(C)(C)C)c1ccc(F)cc1. The largest absolute Gasteiger partial charge is 0.373 e. The molecule has 0 fully saturated rings. The average molecular weight is 283 g/mol. The van der Waals surface area contributed by atoms with Crippen LogP contribution in [0.1, 0.15) is 45.8 Å². The van der Waals surface area contributed by atoms with E-state index in [-0.39, 0.29) is 23.6 Å². The molecule has 1 aromatic carbocycles. The minimum Gasteiger partial charge on any atom is -0.373 e. The monoisotopic (exact) mass is 283 g/mol. The summed E-state index contributed by atoms with van der Waals surface area (Å²) in [5.41, 5.74) is 6.82. The summed E-state index contributed by atoms with van der Waals surface area (Å²) in [7, 11) is 0. The van der Waals surface area contributed by atoms with Crippen LogP contribution in [-0.2, 0) is 9.47 Å². The van der Waals surface area contributed by atoms with Crippen molar-refractivity contribution in [1.82, 2.24) is 0 Å². The standard InChI is InChI=1S/C16H26FNO2/c1-5-14(18)15(12-6-8-13(17)9-7-12)19-10-11-20-16(2,3)4/h6-9,14-15H,5,10-11,18H2,1-4H3. The fraction of sp³-hybridized carbons (Fsp3) is 0.625. The summed E-state index contributed by atoms with van der Waals surface area (Å²) in [5, 5.41) is 0. The molecule has 0 saturated carbocycles. The van der Waals surface area contributed by atoms with Crippen LogP contribution in [0.25, 0.3) is 0 Å². The van der Waals surface area contributed by atoms with Crippen molar-refractivity contribution in [1.29, 1.82) is 0 Å². The lowest BCUT2D eigenvalue weighted by Crippen LogP contribution is -2.31. The lowest BCUT2D eigenvalue weighted by atomic mass is 10.0. The first-order chi connectivity index (χ1) is 9.33. The van der Waals surface area contributed by atoms with Crippen LogP contribution in [0.5, 0.6) is 0 Å². The molecule has 0 spiro atoms. The van der Waals surface area contributed by atoms with E-state index in [2.05, 4.69) is 0 Å². The summed E-state index contributed by atoms with van der Waals surface area (Å²) in [6.45, 7) is 8.99. The molecule has 0 aliphatic rings. The maximum atomic E-state index is 13.0. The predicted molar refractivity (Wildman–Crippen MR) is 79.1 cm³/mol. The van der Waals surface area contributed by atoms with Gasteiger partial charge in [0, 0.05) is 6.04 Å². The van der Waals surface area contributed by atoms with Crippen LogP contribution in [0.4, 0.5) is 4.39 Å². The summed E-state index contributed by atoms with van der Waals surface area (Å²) >= 11 is 0. The Hall–Kier alpha value is -0.970. The molecule has 2 atom stereocenters. The maximum absolute atomic E-state index is 13.0. The van der Waals surface area contributed by atoms with Crippen molar-refractivity contribution in [2.75, 3.05) is 13.2 Å². The fourth-order valence-corrected chi connectivity index (χ4v) is 1.86. The molecule has 1 aromatic rings. The van der Waals surface area contributed by atoms with Gasteiger partial charge in [-0.25, -0.2) is 4.39 Å². The smallest absolute Gasteiger partial charge is 0.123 e. The molecule has 0 saturated heterocycles. The Balaban J connectivity index is 2.59. The van der Waals surface area contributed by atoms with Crippen molar-refractivity contribution in [3.63, 3.8) is 0 Å². The highest BCUT2D eigenvalue weighted by atomic mass is 19.1. The Morgan fingerprint density at radius 3 is 2.25 bits per heavy atom. The molecule has 2 unspecified atom stereocenters. The van der Waals surface area contributed by atoms with Gasteiger partial charge in [-0.2, -0.15) is 0 Å². The molecular weight excluding hydrogens is 257 g/mol. The van der Waals surface area contributed by atoms with E-state index in [1.807, 2.05) is 27.7 Å². The van der Waals surface area contributed by atoms with Crippen LogP contribution < -0.4 is 5.73 Å². The van der Waals surface area contributed by atoms with Crippen LogP contribution in [0.3, 0.4) is 0 Å². The van der Waals surface area contributed by atoms with Crippen molar-refractivity contribution in [2.45, 2.75) is 51.9 Å². The van der Waals surface area contributed by atoms with Crippen molar-refractivity contribution >= 4 is 0 Å². The van der Waals surface area contributed by atoms with Gasteiger partial charge >= 0.3 is 0 Å². The number of hydrogen-bond acceptors (Lipinski definition) is 3. The number of rotatable bonds is 7. The molecule has 0 aliphatic carbocycles. The Labute approximate surface area is 121 Å². The molecule has 0 amide bonds.